The van der Waals surface area contributed by atoms with Gasteiger partial charge in [0.25, 0.3) is 0 Å². The maximum atomic E-state index is 4.26. The number of hydrogen-bond acceptors (Lipinski definition) is 4. The molecule has 0 aliphatic heterocycles. The standard InChI is InChI=1S/C12H12N6/c1-9-13-3-5-17(9)11-7-12(16-8-15-11)18-6-4-14-10(18)2/h3-8H,1-2H3. The molecule has 3 rings (SSSR count). The van der Waals surface area contributed by atoms with E-state index in [0.29, 0.717) is 0 Å². The molecule has 0 aliphatic rings. The Kier molecular flexibility index (Phi) is 2.40. The van der Waals surface area contributed by atoms with Gasteiger partial charge in [-0.15, -0.1) is 0 Å². The molecule has 0 radical (unpaired) electrons. The van der Waals surface area contributed by atoms with Gasteiger partial charge in [-0.2, -0.15) is 0 Å². The zero-order valence-corrected chi connectivity index (χ0v) is 10.1. The summed E-state index contributed by atoms with van der Waals surface area (Å²) >= 11 is 0. The molecule has 0 amide bonds. The summed E-state index contributed by atoms with van der Waals surface area (Å²) < 4.78 is 3.83. The van der Waals surface area contributed by atoms with E-state index in [4.69, 9.17) is 0 Å². The number of nitrogens with zero attached hydrogens (tertiary/aromatic N) is 6. The molecule has 90 valence electrons. The van der Waals surface area contributed by atoms with Gasteiger partial charge in [-0.25, -0.2) is 19.9 Å². The second-order valence-corrected chi connectivity index (χ2v) is 3.92. The van der Waals surface area contributed by atoms with Crippen LogP contribution in [0.5, 0.6) is 0 Å². The topological polar surface area (TPSA) is 61.4 Å². The summed E-state index contributed by atoms with van der Waals surface area (Å²) in [5, 5.41) is 0. The number of aromatic nitrogens is 6. The van der Waals surface area contributed by atoms with Crippen LogP contribution in [-0.4, -0.2) is 29.1 Å². The monoisotopic (exact) mass is 240 g/mol. The number of rotatable bonds is 2. The lowest BCUT2D eigenvalue weighted by Crippen LogP contribution is -2.04. The first kappa shape index (κ1) is 10.6. The minimum atomic E-state index is 0.795. The lowest BCUT2D eigenvalue weighted by Gasteiger charge is -2.07. The Labute approximate surface area is 104 Å². The van der Waals surface area contributed by atoms with Crippen molar-refractivity contribution >= 4 is 0 Å². The second-order valence-electron chi connectivity index (χ2n) is 3.92. The normalized spacial score (nSPS) is 10.8. The number of aryl methyl sites for hydroxylation is 2. The average Bonchev–Trinajstić information content (AvgIpc) is 2.98. The van der Waals surface area contributed by atoms with Crippen LogP contribution in [0.25, 0.3) is 11.6 Å². The molecule has 0 aliphatic carbocycles. The van der Waals surface area contributed by atoms with Gasteiger partial charge in [-0.3, -0.25) is 9.13 Å². The molecule has 3 heterocycles. The SMILES string of the molecule is Cc1nccn1-c1cc(-n2ccnc2C)ncn1. The van der Waals surface area contributed by atoms with Crippen LogP contribution in [0, 0.1) is 13.8 Å². The van der Waals surface area contributed by atoms with E-state index in [9.17, 15) is 0 Å². The Balaban J connectivity index is 2.11. The molecule has 3 aromatic heterocycles. The third kappa shape index (κ3) is 1.67. The van der Waals surface area contributed by atoms with Gasteiger partial charge >= 0.3 is 0 Å². The third-order valence-corrected chi connectivity index (χ3v) is 2.78. The van der Waals surface area contributed by atoms with Crippen LogP contribution >= 0.6 is 0 Å². The van der Waals surface area contributed by atoms with Crippen molar-refractivity contribution in [1.29, 1.82) is 0 Å². The average molecular weight is 240 g/mol. The first-order valence-corrected chi connectivity index (χ1v) is 5.58. The zero-order chi connectivity index (χ0) is 12.5. The molecule has 0 fully saturated rings. The number of hydrogen-bond donors (Lipinski definition) is 0. The first-order chi connectivity index (χ1) is 8.75. The van der Waals surface area contributed by atoms with E-state index >= 15 is 0 Å². The van der Waals surface area contributed by atoms with Gasteiger partial charge in [0.1, 0.15) is 29.6 Å². The van der Waals surface area contributed by atoms with Crippen molar-refractivity contribution < 1.29 is 0 Å². The van der Waals surface area contributed by atoms with Crippen molar-refractivity contribution in [3.63, 3.8) is 0 Å². The van der Waals surface area contributed by atoms with E-state index < -0.39 is 0 Å². The fraction of sp³-hybridized carbons (Fsp3) is 0.167. The molecule has 0 N–H and O–H groups in total. The van der Waals surface area contributed by atoms with E-state index in [1.807, 2.05) is 41.4 Å². The Morgan fingerprint density at radius 1 is 0.778 bits per heavy atom. The van der Waals surface area contributed by atoms with Crippen molar-refractivity contribution in [3.05, 3.63) is 48.8 Å². The van der Waals surface area contributed by atoms with Gasteiger partial charge in [0, 0.05) is 30.9 Å². The minimum absolute atomic E-state index is 0.795. The maximum absolute atomic E-state index is 4.26. The van der Waals surface area contributed by atoms with Crippen LogP contribution in [0.2, 0.25) is 0 Å². The second kappa shape index (κ2) is 4.06. The van der Waals surface area contributed by atoms with Crippen LogP contribution in [0.15, 0.2) is 37.2 Å². The fourth-order valence-corrected chi connectivity index (χ4v) is 1.84. The van der Waals surface area contributed by atoms with E-state index in [2.05, 4.69) is 19.9 Å². The Bertz CT molecular complexity index is 626. The molecule has 0 spiro atoms. The summed E-state index contributed by atoms with van der Waals surface area (Å²) in [6.45, 7) is 3.87. The van der Waals surface area contributed by atoms with E-state index in [1.165, 1.54) is 0 Å². The molecule has 0 aromatic carbocycles. The highest BCUT2D eigenvalue weighted by Gasteiger charge is 2.06. The van der Waals surface area contributed by atoms with E-state index in [-0.39, 0.29) is 0 Å². The van der Waals surface area contributed by atoms with Gasteiger partial charge in [0.15, 0.2) is 0 Å². The Hall–Kier alpha value is -2.50. The molecular formula is C12H12N6. The molecule has 0 atom stereocenters. The van der Waals surface area contributed by atoms with Gasteiger partial charge in [0.05, 0.1) is 0 Å². The molecule has 18 heavy (non-hydrogen) atoms. The fourth-order valence-electron chi connectivity index (χ4n) is 1.84. The molecule has 3 aromatic rings. The lowest BCUT2D eigenvalue weighted by atomic mass is 10.5. The van der Waals surface area contributed by atoms with Crippen LogP contribution in [0.3, 0.4) is 0 Å². The van der Waals surface area contributed by atoms with Crippen LogP contribution in [-0.2, 0) is 0 Å². The number of imidazole rings is 2. The van der Waals surface area contributed by atoms with Crippen molar-refractivity contribution in [2.75, 3.05) is 0 Å². The largest absolute Gasteiger partial charge is 0.288 e. The highest BCUT2D eigenvalue weighted by Crippen LogP contribution is 2.12. The molecule has 0 unspecified atom stereocenters. The Morgan fingerprint density at radius 2 is 1.28 bits per heavy atom. The Morgan fingerprint density at radius 3 is 1.67 bits per heavy atom. The smallest absolute Gasteiger partial charge is 0.143 e. The van der Waals surface area contributed by atoms with Gasteiger partial charge < -0.3 is 0 Å². The minimum Gasteiger partial charge on any atom is -0.288 e. The van der Waals surface area contributed by atoms with Crippen LogP contribution in [0.4, 0.5) is 0 Å². The maximum Gasteiger partial charge on any atom is 0.143 e. The summed E-state index contributed by atoms with van der Waals surface area (Å²) in [7, 11) is 0. The molecule has 6 nitrogen and oxygen atoms in total. The molecule has 0 saturated heterocycles. The summed E-state index contributed by atoms with van der Waals surface area (Å²) in [4.78, 5) is 16.9. The van der Waals surface area contributed by atoms with Gasteiger partial charge in [-0.05, 0) is 13.8 Å². The predicted octanol–water partition coefficient (Wildman–Crippen LogP) is 1.46. The van der Waals surface area contributed by atoms with Crippen LogP contribution < -0.4 is 0 Å². The predicted molar refractivity (Wildman–Crippen MR) is 65.8 cm³/mol. The molecule has 0 bridgehead atoms. The van der Waals surface area contributed by atoms with E-state index in [1.54, 1.807) is 18.7 Å². The highest BCUT2D eigenvalue weighted by molar-refractivity contribution is 5.34. The zero-order valence-electron chi connectivity index (χ0n) is 10.1. The van der Waals surface area contributed by atoms with Crippen molar-refractivity contribution in [2.45, 2.75) is 13.8 Å². The van der Waals surface area contributed by atoms with Gasteiger partial charge in [0.2, 0.25) is 0 Å². The summed E-state index contributed by atoms with van der Waals surface area (Å²) in [6, 6.07) is 1.91. The summed E-state index contributed by atoms with van der Waals surface area (Å²) in [5.74, 6) is 3.37. The third-order valence-electron chi connectivity index (χ3n) is 2.78. The van der Waals surface area contributed by atoms with Crippen LogP contribution in [0.1, 0.15) is 11.6 Å². The summed E-state index contributed by atoms with van der Waals surface area (Å²) in [5.41, 5.74) is 0. The quantitative estimate of drug-likeness (QED) is 0.680. The highest BCUT2D eigenvalue weighted by atomic mass is 15.2. The molecular weight excluding hydrogens is 228 g/mol. The van der Waals surface area contributed by atoms with Crippen molar-refractivity contribution in [2.24, 2.45) is 0 Å². The molecule has 6 heteroatoms. The summed E-state index contributed by atoms with van der Waals surface area (Å²) in [6.07, 6.45) is 8.80. The molecule has 0 saturated carbocycles. The van der Waals surface area contributed by atoms with E-state index in [0.717, 1.165) is 23.3 Å². The first-order valence-electron chi connectivity index (χ1n) is 5.58. The lowest BCUT2D eigenvalue weighted by molar-refractivity contribution is 0.879. The van der Waals surface area contributed by atoms with Crippen molar-refractivity contribution in [3.8, 4) is 11.6 Å². The van der Waals surface area contributed by atoms with Gasteiger partial charge in [-0.1, -0.05) is 0 Å². The van der Waals surface area contributed by atoms with Crippen molar-refractivity contribution in [1.82, 2.24) is 29.1 Å².